The Kier molecular flexibility index (Phi) is 6.64. The average molecular weight is 483 g/mol. The molecule has 0 radical (unpaired) electrons. The first-order valence-electron chi connectivity index (χ1n) is 11.7. The van der Waals surface area contributed by atoms with Gasteiger partial charge in [0.25, 0.3) is 0 Å². The molecule has 2 aliphatic rings. The van der Waals surface area contributed by atoms with Crippen molar-refractivity contribution in [3.63, 3.8) is 0 Å². The van der Waals surface area contributed by atoms with Crippen LogP contribution in [0, 0.1) is 0 Å². The molecule has 1 aromatic heterocycles. The van der Waals surface area contributed by atoms with Crippen molar-refractivity contribution in [2.45, 2.75) is 23.8 Å². The molecule has 3 heterocycles. The third kappa shape index (κ3) is 5.00. The lowest BCUT2D eigenvalue weighted by Gasteiger charge is -2.31. The van der Waals surface area contributed by atoms with Crippen LogP contribution in [-0.4, -0.2) is 80.0 Å². The molecule has 0 aliphatic carbocycles. The highest BCUT2D eigenvalue weighted by molar-refractivity contribution is 7.89. The van der Waals surface area contributed by atoms with Gasteiger partial charge in [-0.15, -0.1) is 0 Å². The maximum atomic E-state index is 13.0. The van der Waals surface area contributed by atoms with E-state index < -0.39 is 10.0 Å². The maximum Gasteiger partial charge on any atom is 0.243 e. The standard InChI is InChI=1S/C24H30N6O3S/c1-29-13-15-30(16-14-29)34(31,32)21-7-5-19(6-8-21)27-24-26-17-18-3-2-4-22(23(18)28-24)33-20-9-11-25-12-10-20/h2-8,17,20,25H,9-16H2,1H3,(H,26,27,28). The Bertz CT molecular complexity index is 1240. The van der Waals surface area contributed by atoms with E-state index in [9.17, 15) is 8.42 Å². The smallest absolute Gasteiger partial charge is 0.243 e. The minimum atomic E-state index is -3.50. The number of benzene rings is 2. The molecular weight excluding hydrogens is 452 g/mol. The second-order valence-corrected chi connectivity index (χ2v) is 10.7. The summed E-state index contributed by atoms with van der Waals surface area (Å²) >= 11 is 0. The number of para-hydroxylation sites is 1. The van der Waals surface area contributed by atoms with E-state index in [1.165, 1.54) is 0 Å². The van der Waals surface area contributed by atoms with Gasteiger partial charge in [-0.3, -0.25) is 0 Å². The fourth-order valence-electron chi connectivity index (χ4n) is 4.29. The van der Waals surface area contributed by atoms with Crippen LogP contribution in [0.15, 0.2) is 53.6 Å². The molecule has 5 rings (SSSR count). The van der Waals surface area contributed by atoms with E-state index in [0.717, 1.165) is 55.7 Å². The molecule has 2 aliphatic heterocycles. The van der Waals surface area contributed by atoms with Gasteiger partial charge in [0.15, 0.2) is 0 Å². The van der Waals surface area contributed by atoms with Gasteiger partial charge in [0.05, 0.1) is 4.90 Å². The monoisotopic (exact) mass is 482 g/mol. The lowest BCUT2D eigenvalue weighted by Crippen LogP contribution is -2.46. The number of sulfonamides is 1. The van der Waals surface area contributed by atoms with Gasteiger partial charge in [-0.1, -0.05) is 12.1 Å². The van der Waals surface area contributed by atoms with Crippen LogP contribution in [0.3, 0.4) is 0 Å². The van der Waals surface area contributed by atoms with Crippen LogP contribution >= 0.6 is 0 Å². The van der Waals surface area contributed by atoms with Crippen LogP contribution in [0.25, 0.3) is 10.9 Å². The summed E-state index contributed by atoms with van der Waals surface area (Å²) in [6.07, 6.45) is 3.88. The number of hydrogen-bond acceptors (Lipinski definition) is 8. The Morgan fingerprint density at radius 1 is 1.03 bits per heavy atom. The molecule has 0 unspecified atom stereocenters. The number of nitrogens with one attached hydrogen (secondary N) is 2. The van der Waals surface area contributed by atoms with E-state index >= 15 is 0 Å². The van der Waals surface area contributed by atoms with E-state index in [-0.39, 0.29) is 6.10 Å². The van der Waals surface area contributed by atoms with Crippen molar-refractivity contribution in [3.05, 3.63) is 48.7 Å². The Morgan fingerprint density at radius 2 is 1.76 bits per heavy atom. The first-order chi connectivity index (χ1) is 16.5. The molecule has 0 saturated carbocycles. The van der Waals surface area contributed by atoms with Gasteiger partial charge in [0.1, 0.15) is 17.4 Å². The van der Waals surface area contributed by atoms with Crippen molar-refractivity contribution in [2.24, 2.45) is 0 Å². The van der Waals surface area contributed by atoms with Crippen molar-refractivity contribution in [1.29, 1.82) is 0 Å². The van der Waals surface area contributed by atoms with Crippen molar-refractivity contribution < 1.29 is 13.2 Å². The van der Waals surface area contributed by atoms with Gasteiger partial charge in [0, 0.05) is 43.4 Å². The molecule has 0 atom stereocenters. The Balaban J connectivity index is 1.32. The lowest BCUT2D eigenvalue weighted by atomic mass is 10.1. The molecule has 10 heteroatoms. The fourth-order valence-corrected chi connectivity index (χ4v) is 5.72. The Morgan fingerprint density at radius 3 is 2.50 bits per heavy atom. The topological polar surface area (TPSA) is 99.7 Å². The summed E-state index contributed by atoms with van der Waals surface area (Å²) in [6, 6.07) is 12.6. The number of fused-ring (bicyclic) bond motifs is 1. The summed E-state index contributed by atoms with van der Waals surface area (Å²) in [6.45, 7) is 4.40. The molecule has 180 valence electrons. The van der Waals surface area contributed by atoms with Crippen LogP contribution in [0.5, 0.6) is 5.75 Å². The molecule has 2 N–H and O–H groups in total. The van der Waals surface area contributed by atoms with Gasteiger partial charge in [-0.05, 0) is 63.3 Å². The van der Waals surface area contributed by atoms with Crippen LogP contribution in [0.2, 0.25) is 0 Å². The maximum absolute atomic E-state index is 13.0. The van der Waals surface area contributed by atoms with Crippen LogP contribution < -0.4 is 15.4 Å². The van der Waals surface area contributed by atoms with E-state index in [1.54, 1.807) is 34.8 Å². The molecule has 0 amide bonds. The summed E-state index contributed by atoms with van der Waals surface area (Å²) in [7, 11) is -1.50. The van der Waals surface area contributed by atoms with Gasteiger partial charge < -0.3 is 20.3 Å². The summed E-state index contributed by atoms with van der Waals surface area (Å²) in [5, 5.41) is 7.45. The third-order valence-corrected chi connectivity index (χ3v) is 8.28. The molecule has 34 heavy (non-hydrogen) atoms. The molecule has 0 bridgehead atoms. The third-order valence-electron chi connectivity index (χ3n) is 6.36. The highest BCUT2D eigenvalue weighted by Crippen LogP contribution is 2.28. The zero-order chi connectivity index (χ0) is 23.5. The largest absolute Gasteiger partial charge is 0.488 e. The van der Waals surface area contributed by atoms with Crippen LogP contribution in [0.4, 0.5) is 11.6 Å². The number of piperazine rings is 1. The number of aromatic nitrogens is 2. The van der Waals surface area contributed by atoms with Crippen molar-refractivity contribution in [2.75, 3.05) is 51.6 Å². The van der Waals surface area contributed by atoms with Crippen molar-refractivity contribution >= 4 is 32.6 Å². The highest BCUT2D eigenvalue weighted by Gasteiger charge is 2.27. The number of rotatable bonds is 6. The number of anilines is 2. The summed E-state index contributed by atoms with van der Waals surface area (Å²) < 4.78 is 33.7. The Hall–Kier alpha value is -2.79. The number of piperidine rings is 1. The highest BCUT2D eigenvalue weighted by atomic mass is 32.2. The average Bonchev–Trinajstić information content (AvgIpc) is 2.86. The van der Waals surface area contributed by atoms with Crippen molar-refractivity contribution in [3.8, 4) is 5.75 Å². The second-order valence-electron chi connectivity index (χ2n) is 8.81. The normalized spacial score (nSPS) is 18.7. The van der Waals surface area contributed by atoms with Crippen LogP contribution in [-0.2, 0) is 10.0 Å². The van der Waals surface area contributed by atoms with Gasteiger partial charge in [-0.25, -0.2) is 18.4 Å². The molecule has 2 aromatic carbocycles. The van der Waals surface area contributed by atoms with Crippen LogP contribution in [0.1, 0.15) is 12.8 Å². The predicted octanol–water partition coefficient (Wildman–Crippen LogP) is 2.44. The molecule has 3 aromatic rings. The number of nitrogens with zero attached hydrogens (tertiary/aromatic N) is 4. The minimum absolute atomic E-state index is 0.174. The van der Waals surface area contributed by atoms with Gasteiger partial charge >= 0.3 is 0 Å². The van der Waals surface area contributed by atoms with Gasteiger partial charge in [-0.2, -0.15) is 4.31 Å². The predicted molar refractivity (Wildman–Crippen MR) is 132 cm³/mol. The Labute approximate surface area is 200 Å². The quantitative estimate of drug-likeness (QED) is 0.553. The molecule has 9 nitrogen and oxygen atoms in total. The molecule has 2 saturated heterocycles. The zero-order valence-corrected chi connectivity index (χ0v) is 20.1. The van der Waals surface area contributed by atoms with E-state index in [1.807, 2.05) is 25.2 Å². The van der Waals surface area contributed by atoms with E-state index in [4.69, 9.17) is 9.72 Å². The van der Waals surface area contributed by atoms with Gasteiger partial charge in [0.2, 0.25) is 16.0 Å². The first-order valence-corrected chi connectivity index (χ1v) is 13.1. The SMILES string of the molecule is CN1CCN(S(=O)(=O)c2ccc(Nc3ncc4cccc(OC5CCNCC5)c4n3)cc2)CC1. The number of hydrogen-bond donors (Lipinski definition) is 2. The van der Waals surface area contributed by atoms with Crippen molar-refractivity contribution in [1.82, 2.24) is 24.5 Å². The summed E-state index contributed by atoms with van der Waals surface area (Å²) in [5.41, 5.74) is 1.47. The lowest BCUT2D eigenvalue weighted by molar-refractivity contribution is 0.164. The zero-order valence-electron chi connectivity index (χ0n) is 19.3. The fraction of sp³-hybridized carbons (Fsp3) is 0.417. The first kappa shape index (κ1) is 23.0. The number of likely N-dealkylation sites (N-methyl/N-ethyl adjacent to an activating group) is 1. The van der Waals surface area contributed by atoms with E-state index in [0.29, 0.717) is 29.6 Å². The van der Waals surface area contributed by atoms with E-state index in [2.05, 4.69) is 20.5 Å². The minimum Gasteiger partial charge on any atom is -0.488 e. The summed E-state index contributed by atoms with van der Waals surface area (Å²) in [5.74, 6) is 1.19. The molecule has 2 fully saturated rings. The number of ether oxygens (including phenoxy) is 1. The molecule has 0 spiro atoms. The molecular formula is C24H30N6O3S. The summed E-state index contributed by atoms with van der Waals surface area (Å²) in [4.78, 5) is 11.5. The second kappa shape index (κ2) is 9.83.